The highest BCUT2D eigenvalue weighted by molar-refractivity contribution is 5.49. The summed E-state index contributed by atoms with van der Waals surface area (Å²) in [6.45, 7) is 8.71. The third kappa shape index (κ3) is 4.38. The number of non-ortho nitro benzene ring substituents is 1. The maximum atomic E-state index is 10.7. The normalized spacial score (nSPS) is 18.9. The monoisotopic (exact) mass is 385 g/mol. The summed E-state index contributed by atoms with van der Waals surface area (Å²) in [5.41, 5.74) is 1.41. The van der Waals surface area contributed by atoms with Gasteiger partial charge in [0.2, 0.25) is 0 Å². The van der Waals surface area contributed by atoms with Crippen molar-refractivity contribution in [3.63, 3.8) is 0 Å². The Balaban J connectivity index is 1.65. The van der Waals surface area contributed by atoms with Gasteiger partial charge in [-0.25, -0.2) is 0 Å². The highest BCUT2D eigenvalue weighted by atomic mass is 16.6. The van der Waals surface area contributed by atoms with E-state index in [1.165, 1.54) is 12.1 Å². The van der Waals surface area contributed by atoms with Crippen LogP contribution in [-0.4, -0.2) is 22.2 Å². The van der Waals surface area contributed by atoms with Gasteiger partial charge in [0.25, 0.3) is 5.69 Å². The summed E-state index contributed by atoms with van der Waals surface area (Å²) in [4.78, 5) is 10.3. The van der Waals surface area contributed by atoms with Crippen LogP contribution in [0.15, 0.2) is 36.4 Å². The zero-order valence-corrected chi connectivity index (χ0v) is 16.8. The second kappa shape index (κ2) is 7.34. The highest BCUT2D eigenvalue weighted by Gasteiger charge is 2.33. The molecule has 2 aromatic carbocycles. The number of nitrogens with zero attached hydrogens (tertiary/aromatic N) is 1. The molecular weight excluding hydrogens is 358 g/mol. The molecule has 0 spiro atoms. The Morgan fingerprint density at radius 2 is 1.93 bits per heavy atom. The SMILES string of the molecule is CC1(CCOc2ccc([N+](=O)[O-])cc2)CCc2cc(O)c(C(C)(C)C)cc2O1. The Hall–Kier alpha value is -2.76. The lowest BCUT2D eigenvalue weighted by atomic mass is 9.83. The number of hydrogen-bond acceptors (Lipinski definition) is 5. The molecule has 1 heterocycles. The van der Waals surface area contributed by atoms with E-state index in [-0.39, 0.29) is 16.7 Å². The number of hydrogen-bond donors (Lipinski definition) is 1. The van der Waals surface area contributed by atoms with Crippen LogP contribution in [0.25, 0.3) is 0 Å². The van der Waals surface area contributed by atoms with Gasteiger partial charge >= 0.3 is 0 Å². The Labute approximate surface area is 165 Å². The van der Waals surface area contributed by atoms with Crippen molar-refractivity contribution < 1.29 is 19.5 Å². The van der Waals surface area contributed by atoms with Crippen molar-refractivity contribution in [3.8, 4) is 17.2 Å². The number of nitro benzene ring substituents is 1. The zero-order chi connectivity index (χ0) is 20.5. The summed E-state index contributed by atoms with van der Waals surface area (Å²) in [7, 11) is 0. The number of phenolic OH excluding ortho intramolecular Hbond substituents is 1. The van der Waals surface area contributed by atoms with Crippen molar-refractivity contribution in [2.75, 3.05) is 6.61 Å². The fourth-order valence-electron chi connectivity index (χ4n) is 3.44. The summed E-state index contributed by atoms with van der Waals surface area (Å²) in [5.74, 6) is 1.75. The van der Waals surface area contributed by atoms with Gasteiger partial charge in [-0.1, -0.05) is 20.8 Å². The van der Waals surface area contributed by atoms with Crippen LogP contribution in [0.4, 0.5) is 5.69 Å². The summed E-state index contributed by atoms with van der Waals surface area (Å²) in [6.07, 6.45) is 2.36. The number of benzene rings is 2. The summed E-state index contributed by atoms with van der Waals surface area (Å²) in [5, 5.41) is 21.1. The summed E-state index contributed by atoms with van der Waals surface area (Å²) < 4.78 is 12.1. The van der Waals surface area contributed by atoms with Crippen molar-refractivity contribution in [2.24, 2.45) is 0 Å². The van der Waals surface area contributed by atoms with Crippen LogP contribution in [0, 0.1) is 10.1 Å². The van der Waals surface area contributed by atoms with Crippen LogP contribution in [0.2, 0.25) is 0 Å². The second-order valence-electron chi connectivity index (χ2n) is 8.63. The van der Waals surface area contributed by atoms with Gasteiger partial charge in [-0.05, 0) is 55.0 Å². The average Bonchev–Trinajstić information content (AvgIpc) is 2.61. The Kier molecular flexibility index (Phi) is 5.24. The first-order chi connectivity index (χ1) is 13.1. The highest BCUT2D eigenvalue weighted by Crippen LogP contribution is 2.41. The maximum Gasteiger partial charge on any atom is 0.269 e. The van der Waals surface area contributed by atoms with Gasteiger partial charge in [0, 0.05) is 24.1 Å². The maximum absolute atomic E-state index is 10.7. The fourth-order valence-corrected chi connectivity index (χ4v) is 3.44. The van der Waals surface area contributed by atoms with Crippen LogP contribution in [0.3, 0.4) is 0 Å². The standard InChI is InChI=1S/C22H27NO5/c1-21(2,3)18-14-20-15(13-19(18)24)9-10-22(4,28-20)11-12-27-17-7-5-16(6-8-17)23(25)26/h5-8,13-14,24H,9-12H2,1-4H3. The van der Waals surface area contributed by atoms with Crippen molar-refractivity contribution in [2.45, 2.75) is 58.0 Å². The first kappa shape index (κ1) is 20.0. The molecule has 0 aliphatic carbocycles. The van der Waals surface area contributed by atoms with E-state index in [9.17, 15) is 15.2 Å². The molecule has 0 aromatic heterocycles. The van der Waals surface area contributed by atoms with E-state index >= 15 is 0 Å². The predicted molar refractivity (Wildman–Crippen MR) is 107 cm³/mol. The first-order valence-electron chi connectivity index (χ1n) is 9.50. The van der Waals surface area contributed by atoms with Crippen LogP contribution >= 0.6 is 0 Å². The molecule has 150 valence electrons. The van der Waals surface area contributed by atoms with Gasteiger partial charge < -0.3 is 14.6 Å². The molecule has 1 N–H and O–H groups in total. The number of fused-ring (bicyclic) bond motifs is 1. The lowest BCUT2D eigenvalue weighted by molar-refractivity contribution is -0.384. The van der Waals surface area contributed by atoms with Crippen LogP contribution in [0.1, 0.15) is 51.7 Å². The molecule has 1 aliphatic heterocycles. The van der Waals surface area contributed by atoms with E-state index in [0.29, 0.717) is 24.5 Å². The largest absolute Gasteiger partial charge is 0.508 e. The van der Waals surface area contributed by atoms with Gasteiger partial charge in [-0.2, -0.15) is 0 Å². The molecule has 0 amide bonds. The second-order valence-corrected chi connectivity index (χ2v) is 8.63. The van der Waals surface area contributed by atoms with Crippen LogP contribution in [-0.2, 0) is 11.8 Å². The molecule has 3 rings (SSSR count). The molecule has 0 saturated heterocycles. The molecule has 1 atom stereocenters. The minimum atomic E-state index is -0.429. The molecule has 6 nitrogen and oxygen atoms in total. The van der Waals surface area contributed by atoms with E-state index in [1.807, 2.05) is 12.1 Å². The van der Waals surface area contributed by atoms with Crippen molar-refractivity contribution >= 4 is 5.69 Å². The molecule has 6 heteroatoms. The molecular formula is C22H27NO5. The van der Waals surface area contributed by atoms with E-state index < -0.39 is 4.92 Å². The van der Waals surface area contributed by atoms with E-state index in [2.05, 4.69) is 27.7 Å². The lowest BCUT2D eigenvalue weighted by Gasteiger charge is -2.37. The lowest BCUT2D eigenvalue weighted by Crippen LogP contribution is -2.38. The number of nitro groups is 1. The summed E-state index contributed by atoms with van der Waals surface area (Å²) >= 11 is 0. The molecule has 0 radical (unpaired) electrons. The van der Waals surface area contributed by atoms with E-state index in [4.69, 9.17) is 9.47 Å². The zero-order valence-electron chi connectivity index (χ0n) is 16.8. The number of aryl methyl sites for hydroxylation is 1. The molecule has 28 heavy (non-hydrogen) atoms. The minimum Gasteiger partial charge on any atom is -0.508 e. The van der Waals surface area contributed by atoms with Gasteiger partial charge in [-0.15, -0.1) is 0 Å². The minimum absolute atomic E-state index is 0.0458. The number of ether oxygens (including phenoxy) is 2. The average molecular weight is 385 g/mol. The Morgan fingerprint density at radius 3 is 2.54 bits per heavy atom. The Bertz CT molecular complexity index is 870. The molecule has 1 unspecified atom stereocenters. The van der Waals surface area contributed by atoms with Gasteiger partial charge in [-0.3, -0.25) is 10.1 Å². The van der Waals surface area contributed by atoms with Gasteiger partial charge in [0.15, 0.2) is 0 Å². The van der Waals surface area contributed by atoms with E-state index in [1.54, 1.807) is 12.1 Å². The smallest absolute Gasteiger partial charge is 0.269 e. The first-order valence-corrected chi connectivity index (χ1v) is 9.50. The van der Waals surface area contributed by atoms with Gasteiger partial charge in [0.1, 0.15) is 22.8 Å². The topological polar surface area (TPSA) is 81.8 Å². The molecule has 0 fully saturated rings. The molecule has 0 bridgehead atoms. The third-order valence-corrected chi connectivity index (χ3v) is 5.21. The quantitative estimate of drug-likeness (QED) is 0.568. The molecule has 0 saturated carbocycles. The van der Waals surface area contributed by atoms with E-state index in [0.717, 1.165) is 29.7 Å². The molecule has 1 aliphatic rings. The van der Waals surface area contributed by atoms with Crippen LogP contribution < -0.4 is 9.47 Å². The van der Waals surface area contributed by atoms with Gasteiger partial charge in [0.05, 0.1) is 11.5 Å². The van der Waals surface area contributed by atoms with Crippen molar-refractivity contribution in [1.82, 2.24) is 0 Å². The number of phenols is 1. The number of aromatic hydroxyl groups is 1. The third-order valence-electron chi connectivity index (χ3n) is 5.21. The van der Waals surface area contributed by atoms with Crippen molar-refractivity contribution in [1.29, 1.82) is 0 Å². The predicted octanol–water partition coefficient (Wildman–Crippen LogP) is 5.15. The summed E-state index contributed by atoms with van der Waals surface area (Å²) in [6, 6.07) is 9.86. The Morgan fingerprint density at radius 1 is 1.25 bits per heavy atom. The number of rotatable bonds is 5. The van der Waals surface area contributed by atoms with Crippen LogP contribution in [0.5, 0.6) is 17.2 Å². The molecule has 2 aromatic rings. The fraction of sp³-hybridized carbons (Fsp3) is 0.455. The van der Waals surface area contributed by atoms with Crippen molar-refractivity contribution in [3.05, 3.63) is 57.6 Å².